The van der Waals surface area contributed by atoms with Crippen molar-refractivity contribution in [2.45, 2.75) is 45.1 Å². The molecule has 1 aromatic carbocycles. The summed E-state index contributed by atoms with van der Waals surface area (Å²) in [5, 5.41) is 0. The molecular weight excluding hydrogens is 208 g/mol. The van der Waals surface area contributed by atoms with Gasteiger partial charge in [0.25, 0.3) is 0 Å². The zero-order valence-corrected chi connectivity index (χ0v) is 9.68. The van der Waals surface area contributed by atoms with Crippen LogP contribution in [-0.2, 0) is 6.42 Å². The van der Waals surface area contributed by atoms with Gasteiger partial charge in [-0.25, -0.2) is 8.78 Å². The van der Waals surface area contributed by atoms with Gasteiger partial charge in [0, 0.05) is 12.1 Å². The van der Waals surface area contributed by atoms with Crippen LogP contribution in [0, 0.1) is 11.6 Å². The predicted molar refractivity (Wildman–Crippen MR) is 62.2 cm³/mol. The first-order valence-electron chi connectivity index (χ1n) is 5.83. The number of nitrogens with two attached hydrogens (primary N) is 1. The average Bonchev–Trinajstić information content (AvgIpc) is 2.22. The standard InChI is InChI=1S/C13H19F2N/c1-2-4-12(16)6-3-5-10-7-8-11(14)9-13(10)15/h7-9,12H,2-6,16H2,1H3. The lowest BCUT2D eigenvalue weighted by molar-refractivity contribution is 0.527. The number of hydrogen-bond acceptors (Lipinski definition) is 1. The molecule has 3 heteroatoms. The van der Waals surface area contributed by atoms with E-state index in [0.717, 1.165) is 31.7 Å². The second kappa shape index (κ2) is 6.59. The molecule has 0 aliphatic carbocycles. The largest absolute Gasteiger partial charge is 0.328 e. The maximum Gasteiger partial charge on any atom is 0.129 e. The number of benzene rings is 1. The zero-order chi connectivity index (χ0) is 12.0. The molecule has 90 valence electrons. The molecule has 0 bridgehead atoms. The molecule has 0 saturated carbocycles. The van der Waals surface area contributed by atoms with Crippen molar-refractivity contribution < 1.29 is 8.78 Å². The third-order valence-corrected chi connectivity index (χ3v) is 2.70. The number of halogens is 2. The van der Waals surface area contributed by atoms with Gasteiger partial charge in [-0.2, -0.15) is 0 Å². The molecule has 0 aromatic heterocycles. The van der Waals surface area contributed by atoms with Gasteiger partial charge >= 0.3 is 0 Å². The first-order valence-corrected chi connectivity index (χ1v) is 5.83. The Morgan fingerprint density at radius 1 is 1.25 bits per heavy atom. The van der Waals surface area contributed by atoms with Gasteiger partial charge in [0.15, 0.2) is 0 Å². The maximum absolute atomic E-state index is 13.3. The van der Waals surface area contributed by atoms with Crippen molar-refractivity contribution in [3.8, 4) is 0 Å². The molecule has 0 aliphatic heterocycles. The van der Waals surface area contributed by atoms with Gasteiger partial charge in [0.05, 0.1) is 0 Å². The van der Waals surface area contributed by atoms with E-state index >= 15 is 0 Å². The molecule has 1 aromatic rings. The quantitative estimate of drug-likeness (QED) is 0.791. The van der Waals surface area contributed by atoms with Crippen LogP contribution in [0.25, 0.3) is 0 Å². The third-order valence-electron chi connectivity index (χ3n) is 2.70. The highest BCUT2D eigenvalue weighted by molar-refractivity contribution is 5.18. The fourth-order valence-corrected chi connectivity index (χ4v) is 1.79. The third kappa shape index (κ3) is 4.27. The first kappa shape index (κ1) is 13.1. The van der Waals surface area contributed by atoms with Crippen molar-refractivity contribution in [3.63, 3.8) is 0 Å². The van der Waals surface area contributed by atoms with Crippen LogP contribution in [-0.4, -0.2) is 6.04 Å². The van der Waals surface area contributed by atoms with Gasteiger partial charge in [-0.3, -0.25) is 0 Å². The normalized spacial score (nSPS) is 12.8. The summed E-state index contributed by atoms with van der Waals surface area (Å²) < 4.78 is 25.9. The van der Waals surface area contributed by atoms with E-state index in [9.17, 15) is 8.78 Å². The minimum Gasteiger partial charge on any atom is -0.328 e. The fourth-order valence-electron chi connectivity index (χ4n) is 1.79. The van der Waals surface area contributed by atoms with Crippen molar-refractivity contribution in [1.29, 1.82) is 0 Å². The minimum absolute atomic E-state index is 0.202. The van der Waals surface area contributed by atoms with Crippen LogP contribution in [0.15, 0.2) is 18.2 Å². The Kier molecular flexibility index (Phi) is 5.39. The van der Waals surface area contributed by atoms with Crippen molar-refractivity contribution >= 4 is 0 Å². The highest BCUT2D eigenvalue weighted by Crippen LogP contribution is 2.13. The van der Waals surface area contributed by atoms with Crippen LogP contribution in [0.2, 0.25) is 0 Å². The van der Waals surface area contributed by atoms with Gasteiger partial charge in [-0.15, -0.1) is 0 Å². The van der Waals surface area contributed by atoms with Crippen molar-refractivity contribution in [3.05, 3.63) is 35.4 Å². The molecule has 2 N–H and O–H groups in total. The van der Waals surface area contributed by atoms with Crippen LogP contribution in [0.5, 0.6) is 0 Å². The Morgan fingerprint density at radius 2 is 2.00 bits per heavy atom. The molecule has 1 rings (SSSR count). The van der Waals surface area contributed by atoms with E-state index in [1.165, 1.54) is 12.1 Å². The first-order chi connectivity index (χ1) is 7.63. The molecule has 16 heavy (non-hydrogen) atoms. The topological polar surface area (TPSA) is 26.0 Å². The second-order valence-corrected chi connectivity index (χ2v) is 4.18. The monoisotopic (exact) mass is 227 g/mol. The van der Waals surface area contributed by atoms with E-state index in [-0.39, 0.29) is 6.04 Å². The summed E-state index contributed by atoms with van der Waals surface area (Å²) >= 11 is 0. The molecule has 0 aliphatic rings. The highest BCUT2D eigenvalue weighted by Gasteiger charge is 2.05. The zero-order valence-electron chi connectivity index (χ0n) is 9.68. The van der Waals surface area contributed by atoms with Gasteiger partial charge in [-0.1, -0.05) is 19.4 Å². The number of aryl methyl sites for hydroxylation is 1. The van der Waals surface area contributed by atoms with Crippen LogP contribution < -0.4 is 5.73 Å². The van der Waals surface area contributed by atoms with E-state index in [1.54, 1.807) is 0 Å². The second-order valence-electron chi connectivity index (χ2n) is 4.18. The molecule has 0 radical (unpaired) electrons. The van der Waals surface area contributed by atoms with E-state index in [2.05, 4.69) is 6.92 Å². The molecule has 0 saturated heterocycles. The SMILES string of the molecule is CCCC(N)CCCc1ccc(F)cc1F. The van der Waals surface area contributed by atoms with Gasteiger partial charge in [-0.05, 0) is 37.3 Å². The summed E-state index contributed by atoms with van der Waals surface area (Å²) in [6, 6.07) is 3.94. The summed E-state index contributed by atoms with van der Waals surface area (Å²) in [6.07, 6.45) is 4.45. The van der Waals surface area contributed by atoms with E-state index in [4.69, 9.17) is 5.73 Å². The Balaban J connectivity index is 2.37. The lowest BCUT2D eigenvalue weighted by Gasteiger charge is -2.09. The Labute approximate surface area is 95.7 Å². The van der Waals surface area contributed by atoms with Crippen molar-refractivity contribution in [1.82, 2.24) is 0 Å². The van der Waals surface area contributed by atoms with Crippen molar-refractivity contribution in [2.75, 3.05) is 0 Å². The average molecular weight is 227 g/mol. The molecule has 1 nitrogen and oxygen atoms in total. The van der Waals surface area contributed by atoms with E-state index in [1.807, 2.05) is 0 Å². The van der Waals surface area contributed by atoms with E-state index < -0.39 is 11.6 Å². The Morgan fingerprint density at radius 3 is 2.62 bits per heavy atom. The molecule has 1 atom stereocenters. The maximum atomic E-state index is 13.3. The van der Waals surface area contributed by atoms with Gasteiger partial charge in [0.1, 0.15) is 11.6 Å². The molecule has 0 fully saturated rings. The molecule has 0 heterocycles. The molecular formula is C13H19F2N. The fraction of sp³-hybridized carbons (Fsp3) is 0.538. The minimum atomic E-state index is -0.524. The summed E-state index contributed by atoms with van der Waals surface area (Å²) in [6.45, 7) is 2.10. The van der Waals surface area contributed by atoms with Crippen LogP contribution in [0.3, 0.4) is 0 Å². The Hall–Kier alpha value is -0.960. The van der Waals surface area contributed by atoms with Crippen LogP contribution in [0.4, 0.5) is 8.78 Å². The van der Waals surface area contributed by atoms with Gasteiger partial charge < -0.3 is 5.73 Å². The number of rotatable bonds is 6. The highest BCUT2D eigenvalue weighted by atomic mass is 19.1. The van der Waals surface area contributed by atoms with Crippen molar-refractivity contribution in [2.24, 2.45) is 5.73 Å². The molecule has 0 amide bonds. The predicted octanol–water partition coefficient (Wildman–Crippen LogP) is 3.41. The molecule has 0 spiro atoms. The van der Waals surface area contributed by atoms with Crippen LogP contribution in [0.1, 0.15) is 38.2 Å². The lowest BCUT2D eigenvalue weighted by atomic mass is 10.0. The lowest BCUT2D eigenvalue weighted by Crippen LogP contribution is -2.19. The number of hydrogen-bond donors (Lipinski definition) is 1. The van der Waals surface area contributed by atoms with Gasteiger partial charge in [0.2, 0.25) is 0 Å². The summed E-state index contributed by atoms with van der Waals surface area (Å²) in [4.78, 5) is 0. The summed E-state index contributed by atoms with van der Waals surface area (Å²) in [7, 11) is 0. The Bertz CT molecular complexity index is 326. The smallest absolute Gasteiger partial charge is 0.129 e. The molecule has 1 unspecified atom stereocenters. The van der Waals surface area contributed by atoms with Crippen LogP contribution >= 0.6 is 0 Å². The summed E-state index contributed by atoms with van der Waals surface area (Å²) in [5.74, 6) is -0.979. The summed E-state index contributed by atoms with van der Waals surface area (Å²) in [5.41, 5.74) is 6.43. The van der Waals surface area contributed by atoms with E-state index in [0.29, 0.717) is 12.0 Å².